The second kappa shape index (κ2) is 6.66. The molecule has 0 aliphatic heterocycles. The Morgan fingerprint density at radius 2 is 2.19 bits per heavy atom. The summed E-state index contributed by atoms with van der Waals surface area (Å²) in [5.41, 5.74) is 0.762. The van der Waals surface area contributed by atoms with Gasteiger partial charge >= 0.3 is 5.69 Å². The molecule has 0 unspecified atom stereocenters. The lowest BCUT2D eigenvalue weighted by molar-refractivity contribution is -0.385. The van der Waals surface area contributed by atoms with Crippen molar-refractivity contribution < 1.29 is 19.5 Å². The molecule has 0 aliphatic carbocycles. The molecule has 1 heterocycles. The van der Waals surface area contributed by atoms with Gasteiger partial charge in [0.1, 0.15) is 5.75 Å². The molecule has 2 aromatic rings. The van der Waals surface area contributed by atoms with Crippen LogP contribution in [0.1, 0.15) is 23.5 Å². The predicted molar refractivity (Wildman–Crippen MR) is 78.8 cm³/mol. The van der Waals surface area contributed by atoms with E-state index in [1.165, 1.54) is 6.07 Å². The molecule has 1 aromatic heterocycles. The first-order chi connectivity index (χ1) is 10.0. The van der Waals surface area contributed by atoms with Crippen LogP contribution >= 0.6 is 11.3 Å². The second-order valence-electron chi connectivity index (χ2n) is 4.44. The molecule has 0 saturated carbocycles. The van der Waals surface area contributed by atoms with Crippen molar-refractivity contribution in [1.29, 1.82) is 0 Å². The smallest absolute Gasteiger partial charge is 0.323 e. The van der Waals surface area contributed by atoms with Crippen molar-refractivity contribution in [2.45, 2.75) is 19.6 Å². The van der Waals surface area contributed by atoms with Crippen LogP contribution in [0, 0.1) is 10.1 Å². The number of thiophene rings is 1. The van der Waals surface area contributed by atoms with Crippen LogP contribution < -0.4 is 4.74 Å². The number of aliphatic hydroxyl groups is 1. The van der Waals surface area contributed by atoms with Gasteiger partial charge in [0.05, 0.1) is 17.6 Å². The lowest BCUT2D eigenvalue weighted by Gasteiger charge is -2.05. The average Bonchev–Trinajstić information content (AvgIpc) is 2.84. The number of aliphatic hydroxyl groups excluding tert-OH is 1. The molecule has 0 bridgehead atoms. The Bertz CT molecular complexity index is 638. The first-order valence-corrected chi connectivity index (χ1v) is 7.05. The van der Waals surface area contributed by atoms with Crippen LogP contribution in [0.15, 0.2) is 30.3 Å². The molecule has 0 radical (unpaired) electrons. The van der Waals surface area contributed by atoms with Gasteiger partial charge in [-0.3, -0.25) is 10.1 Å². The molecule has 7 heteroatoms. The fraction of sp³-hybridized carbons (Fsp3) is 0.286. The third-order valence-electron chi connectivity index (χ3n) is 2.73. The molecular weight excluding hydrogens is 294 g/mol. The molecule has 1 atom stereocenters. The van der Waals surface area contributed by atoms with Crippen molar-refractivity contribution in [2.24, 2.45) is 0 Å². The van der Waals surface area contributed by atoms with Crippen LogP contribution in [-0.2, 0) is 11.3 Å². The maximum atomic E-state index is 11.0. The largest absolute Gasteiger partial charge is 0.440 e. The number of benzene rings is 1. The first kappa shape index (κ1) is 15.4. The minimum absolute atomic E-state index is 0.145. The van der Waals surface area contributed by atoms with Crippen LogP contribution in [0.3, 0.4) is 0 Å². The van der Waals surface area contributed by atoms with Crippen molar-refractivity contribution in [3.05, 3.63) is 50.9 Å². The number of rotatable bonds is 6. The summed E-state index contributed by atoms with van der Waals surface area (Å²) in [6, 6.07) is 8.47. The van der Waals surface area contributed by atoms with Crippen molar-refractivity contribution in [3.63, 3.8) is 0 Å². The molecule has 1 aromatic carbocycles. The second-order valence-corrected chi connectivity index (χ2v) is 5.48. The molecule has 0 saturated heterocycles. The summed E-state index contributed by atoms with van der Waals surface area (Å²) in [6.07, 6.45) is -0.772. The van der Waals surface area contributed by atoms with Crippen LogP contribution in [0.2, 0.25) is 0 Å². The zero-order valence-electron chi connectivity index (χ0n) is 11.6. The van der Waals surface area contributed by atoms with Gasteiger partial charge in [-0.15, -0.1) is 0 Å². The van der Waals surface area contributed by atoms with Crippen LogP contribution in [-0.4, -0.2) is 17.1 Å². The van der Waals surface area contributed by atoms with E-state index in [2.05, 4.69) is 0 Å². The van der Waals surface area contributed by atoms with Gasteiger partial charge < -0.3 is 14.6 Å². The summed E-state index contributed by atoms with van der Waals surface area (Å²) >= 11 is 1.06. The van der Waals surface area contributed by atoms with E-state index >= 15 is 0 Å². The minimum atomic E-state index is -0.772. The number of hydrogen-bond acceptors (Lipinski definition) is 6. The van der Waals surface area contributed by atoms with Crippen molar-refractivity contribution in [1.82, 2.24) is 0 Å². The normalized spacial score (nSPS) is 12.1. The van der Waals surface area contributed by atoms with Crippen LogP contribution in [0.25, 0.3) is 0 Å². The molecule has 0 aliphatic rings. The van der Waals surface area contributed by atoms with Crippen molar-refractivity contribution >= 4 is 17.0 Å². The highest BCUT2D eigenvalue weighted by Crippen LogP contribution is 2.41. The van der Waals surface area contributed by atoms with E-state index < -0.39 is 11.0 Å². The zero-order valence-corrected chi connectivity index (χ0v) is 12.4. The Morgan fingerprint density at radius 1 is 1.43 bits per heavy atom. The summed E-state index contributed by atoms with van der Waals surface area (Å²) in [6.45, 7) is 1.99. The van der Waals surface area contributed by atoms with Crippen LogP contribution in [0.4, 0.5) is 5.69 Å². The van der Waals surface area contributed by atoms with Gasteiger partial charge in [0, 0.05) is 18.1 Å². The zero-order chi connectivity index (χ0) is 15.4. The Labute approximate surface area is 125 Å². The number of hydrogen-bond donors (Lipinski definition) is 1. The molecule has 6 nitrogen and oxygen atoms in total. The number of nitro groups is 1. The fourth-order valence-electron chi connectivity index (χ4n) is 1.76. The highest BCUT2D eigenvalue weighted by atomic mass is 32.1. The summed E-state index contributed by atoms with van der Waals surface area (Å²) in [5.74, 6) is 0.492. The van der Waals surface area contributed by atoms with Gasteiger partial charge in [-0.1, -0.05) is 23.5 Å². The van der Waals surface area contributed by atoms with Gasteiger partial charge in [-0.25, -0.2) is 0 Å². The molecule has 21 heavy (non-hydrogen) atoms. The molecule has 0 fully saturated rings. The highest BCUT2D eigenvalue weighted by Gasteiger charge is 2.23. The number of ether oxygens (including phenoxy) is 2. The SMILES string of the molecule is COCc1cccc(Oc2sc([C@@H](C)O)cc2[N+](=O)[O-])c1. The van der Waals surface area contributed by atoms with Gasteiger partial charge in [0.15, 0.2) is 0 Å². The van der Waals surface area contributed by atoms with E-state index in [0.29, 0.717) is 17.2 Å². The van der Waals surface area contributed by atoms with Gasteiger partial charge in [-0.2, -0.15) is 0 Å². The van der Waals surface area contributed by atoms with Crippen molar-refractivity contribution in [3.8, 4) is 10.8 Å². The lowest BCUT2D eigenvalue weighted by Crippen LogP contribution is -1.91. The van der Waals surface area contributed by atoms with E-state index in [4.69, 9.17) is 9.47 Å². The molecule has 0 amide bonds. The number of methoxy groups -OCH3 is 1. The molecular formula is C14H15NO5S. The maximum absolute atomic E-state index is 11.0. The minimum Gasteiger partial charge on any atom is -0.440 e. The maximum Gasteiger partial charge on any atom is 0.323 e. The molecule has 0 spiro atoms. The van der Waals surface area contributed by atoms with Crippen molar-refractivity contribution in [2.75, 3.05) is 7.11 Å². The van der Waals surface area contributed by atoms with Gasteiger partial charge in [0.2, 0.25) is 0 Å². The fourth-order valence-corrected chi connectivity index (χ4v) is 2.69. The Balaban J connectivity index is 2.30. The quantitative estimate of drug-likeness (QED) is 0.650. The van der Waals surface area contributed by atoms with Crippen LogP contribution in [0.5, 0.6) is 10.8 Å². The predicted octanol–water partition coefficient (Wildman–Crippen LogP) is 3.65. The lowest BCUT2D eigenvalue weighted by atomic mass is 10.2. The Morgan fingerprint density at radius 3 is 2.81 bits per heavy atom. The topological polar surface area (TPSA) is 81.8 Å². The summed E-state index contributed by atoms with van der Waals surface area (Å²) < 4.78 is 10.6. The Hall–Kier alpha value is -1.96. The highest BCUT2D eigenvalue weighted by molar-refractivity contribution is 7.14. The molecule has 2 rings (SSSR count). The Kier molecular flexibility index (Phi) is 4.89. The monoisotopic (exact) mass is 309 g/mol. The van der Waals surface area contributed by atoms with Gasteiger partial charge in [0.25, 0.3) is 5.06 Å². The first-order valence-electron chi connectivity index (χ1n) is 6.23. The third-order valence-corrected chi connectivity index (χ3v) is 3.90. The van der Waals surface area contributed by atoms with E-state index in [0.717, 1.165) is 16.9 Å². The number of nitrogens with zero attached hydrogens (tertiary/aromatic N) is 1. The summed E-state index contributed by atoms with van der Waals surface area (Å²) in [5, 5.41) is 20.7. The van der Waals surface area contributed by atoms with Gasteiger partial charge in [-0.05, 0) is 24.6 Å². The van der Waals surface area contributed by atoms with E-state index in [1.54, 1.807) is 32.2 Å². The summed E-state index contributed by atoms with van der Waals surface area (Å²) in [7, 11) is 1.59. The van der Waals surface area contributed by atoms with E-state index in [1.807, 2.05) is 6.07 Å². The average molecular weight is 309 g/mol. The van der Waals surface area contributed by atoms with E-state index in [-0.39, 0.29) is 10.8 Å². The standard InChI is InChI=1S/C14H15NO5S/c1-9(16)13-7-12(15(17)18)14(21-13)20-11-5-3-4-10(6-11)8-19-2/h3-7,9,16H,8H2,1-2H3/t9-/m1/s1. The van der Waals surface area contributed by atoms with E-state index in [9.17, 15) is 15.2 Å². The molecule has 112 valence electrons. The third kappa shape index (κ3) is 3.78. The molecule has 1 N–H and O–H groups in total. The summed E-state index contributed by atoms with van der Waals surface area (Å²) in [4.78, 5) is 11.0.